The lowest BCUT2D eigenvalue weighted by atomic mass is 9.84. The molecular formula is C20H30N6O. The van der Waals surface area contributed by atoms with E-state index >= 15 is 0 Å². The van der Waals surface area contributed by atoms with Gasteiger partial charge in [0, 0.05) is 53.0 Å². The number of carbonyl (C=O) groups excluding carboxylic acids is 1. The fourth-order valence-electron chi connectivity index (χ4n) is 3.88. The van der Waals surface area contributed by atoms with E-state index in [2.05, 4.69) is 26.8 Å². The lowest BCUT2D eigenvalue weighted by molar-refractivity contribution is -0.138. The summed E-state index contributed by atoms with van der Waals surface area (Å²) in [4.78, 5) is 23.3. The van der Waals surface area contributed by atoms with Crippen LogP contribution < -0.4 is 10.6 Å². The van der Waals surface area contributed by atoms with Crippen molar-refractivity contribution in [3.63, 3.8) is 0 Å². The van der Waals surface area contributed by atoms with E-state index in [9.17, 15) is 4.79 Å². The first kappa shape index (κ1) is 19.2. The summed E-state index contributed by atoms with van der Waals surface area (Å²) in [5, 5.41) is 6.70. The normalized spacial score (nSPS) is 16.5. The average Bonchev–Trinajstić information content (AvgIpc) is 3.31. The number of amides is 1. The number of hydrogen-bond acceptors (Lipinski definition) is 3. The van der Waals surface area contributed by atoms with Crippen molar-refractivity contribution in [1.29, 1.82) is 0 Å². The largest absolute Gasteiger partial charge is 0.356 e. The third-order valence-corrected chi connectivity index (χ3v) is 5.33. The molecule has 0 aliphatic heterocycles. The Bertz CT molecular complexity index is 771. The highest BCUT2D eigenvalue weighted by molar-refractivity contribution is 5.85. The Kier molecular flexibility index (Phi) is 5.98. The molecule has 0 atom stereocenters. The molecule has 0 aromatic carbocycles. The van der Waals surface area contributed by atoms with E-state index in [0.29, 0.717) is 6.54 Å². The van der Waals surface area contributed by atoms with Gasteiger partial charge in [-0.15, -0.1) is 0 Å². The van der Waals surface area contributed by atoms with Crippen molar-refractivity contribution in [2.75, 3.05) is 34.2 Å². The van der Waals surface area contributed by atoms with Crippen molar-refractivity contribution in [1.82, 2.24) is 24.9 Å². The number of aromatic nitrogens is 2. The van der Waals surface area contributed by atoms with E-state index in [1.165, 1.54) is 0 Å². The van der Waals surface area contributed by atoms with Crippen LogP contribution in [-0.4, -0.2) is 60.4 Å². The number of aliphatic imine (C=N–C) groups is 1. The zero-order chi connectivity index (χ0) is 19.3. The van der Waals surface area contributed by atoms with E-state index in [4.69, 9.17) is 0 Å². The number of nitrogens with zero attached hydrogens (tertiary/aromatic N) is 4. The number of rotatable bonds is 6. The number of fused-ring (bicyclic) bond motifs is 1. The number of guanidine groups is 1. The molecule has 0 spiro atoms. The highest BCUT2D eigenvalue weighted by atomic mass is 16.2. The molecule has 1 fully saturated rings. The third kappa shape index (κ3) is 4.40. The molecule has 2 heterocycles. The van der Waals surface area contributed by atoms with Crippen molar-refractivity contribution in [2.45, 2.75) is 32.1 Å². The molecule has 1 aliphatic rings. The van der Waals surface area contributed by atoms with Gasteiger partial charge in [-0.2, -0.15) is 0 Å². The molecule has 3 rings (SSSR count). The molecule has 7 nitrogen and oxygen atoms in total. The van der Waals surface area contributed by atoms with E-state index < -0.39 is 0 Å². The molecule has 0 unspecified atom stereocenters. The SMILES string of the molecule is CN=C(NCCc1cn2ccccc2n1)NCC1(C(=O)N(C)C)CCCC1. The van der Waals surface area contributed by atoms with Crippen molar-refractivity contribution in [3.05, 3.63) is 36.3 Å². The number of imidazole rings is 1. The van der Waals surface area contributed by atoms with E-state index in [-0.39, 0.29) is 11.3 Å². The van der Waals surface area contributed by atoms with Gasteiger partial charge < -0.3 is 19.9 Å². The second-order valence-electron chi connectivity index (χ2n) is 7.49. The second-order valence-corrected chi connectivity index (χ2v) is 7.49. The summed E-state index contributed by atoms with van der Waals surface area (Å²) in [5.41, 5.74) is 1.70. The molecular weight excluding hydrogens is 340 g/mol. The summed E-state index contributed by atoms with van der Waals surface area (Å²) in [6.45, 7) is 1.36. The van der Waals surface area contributed by atoms with Gasteiger partial charge in [-0.3, -0.25) is 9.79 Å². The molecule has 0 radical (unpaired) electrons. The van der Waals surface area contributed by atoms with Crippen LogP contribution in [0.4, 0.5) is 0 Å². The molecule has 2 aromatic rings. The second kappa shape index (κ2) is 8.41. The Hall–Kier alpha value is -2.57. The molecule has 2 N–H and O–H groups in total. The topological polar surface area (TPSA) is 74.0 Å². The van der Waals surface area contributed by atoms with Gasteiger partial charge in [0.2, 0.25) is 5.91 Å². The molecule has 1 amide bonds. The van der Waals surface area contributed by atoms with E-state index in [0.717, 1.165) is 55.9 Å². The van der Waals surface area contributed by atoms with Crippen LogP contribution in [0.1, 0.15) is 31.4 Å². The van der Waals surface area contributed by atoms with Gasteiger partial charge >= 0.3 is 0 Å². The standard InChI is InChI=1S/C20H30N6O/c1-21-19(23-15-20(10-5-6-11-20)18(27)25(2)3)22-12-9-16-14-26-13-7-4-8-17(26)24-16/h4,7-8,13-14H,5-6,9-12,15H2,1-3H3,(H2,21,22,23). The highest BCUT2D eigenvalue weighted by Gasteiger charge is 2.42. The molecule has 0 bridgehead atoms. The molecule has 0 saturated heterocycles. The van der Waals surface area contributed by atoms with Gasteiger partial charge in [0.15, 0.2) is 5.96 Å². The summed E-state index contributed by atoms with van der Waals surface area (Å²) >= 11 is 0. The average molecular weight is 371 g/mol. The zero-order valence-electron chi connectivity index (χ0n) is 16.5. The van der Waals surface area contributed by atoms with Crippen LogP contribution in [-0.2, 0) is 11.2 Å². The fourth-order valence-corrected chi connectivity index (χ4v) is 3.88. The Balaban J connectivity index is 1.52. The lowest BCUT2D eigenvalue weighted by Gasteiger charge is -2.31. The van der Waals surface area contributed by atoms with E-state index in [1.54, 1.807) is 11.9 Å². The number of pyridine rings is 1. The van der Waals surface area contributed by atoms with Gasteiger partial charge in [-0.25, -0.2) is 4.98 Å². The molecule has 2 aromatic heterocycles. The van der Waals surface area contributed by atoms with Gasteiger partial charge in [0.25, 0.3) is 0 Å². The monoisotopic (exact) mass is 370 g/mol. The third-order valence-electron chi connectivity index (χ3n) is 5.33. The zero-order valence-corrected chi connectivity index (χ0v) is 16.5. The predicted octanol–water partition coefficient (Wildman–Crippen LogP) is 1.69. The minimum atomic E-state index is -0.303. The maximum atomic E-state index is 12.7. The maximum Gasteiger partial charge on any atom is 0.230 e. The van der Waals surface area contributed by atoms with Crippen LogP contribution in [0.25, 0.3) is 5.65 Å². The molecule has 1 saturated carbocycles. The van der Waals surface area contributed by atoms with Crippen LogP contribution in [0.2, 0.25) is 0 Å². The number of nitrogens with one attached hydrogen (secondary N) is 2. The summed E-state index contributed by atoms with van der Waals surface area (Å²) < 4.78 is 2.03. The Morgan fingerprint density at radius 3 is 2.74 bits per heavy atom. The van der Waals surface area contributed by atoms with Crippen molar-refractivity contribution >= 4 is 17.5 Å². The summed E-state index contributed by atoms with van der Waals surface area (Å²) in [6.07, 6.45) is 8.97. The van der Waals surface area contributed by atoms with Gasteiger partial charge in [-0.05, 0) is 25.0 Å². The van der Waals surface area contributed by atoms with Gasteiger partial charge in [0.05, 0.1) is 11.1 Å². The molecule has 27 heavy (non-hydrogen) atoms. The molecule has 1 aliphatic carbocycles. The fraction of sp³-hybridized carbons (Fsp3) is 0.550. The number of hydrogen-bond donors (Lipinski definition) is 2. The molecule has 146 valence electrons. The van der Waals surface area contributed by atoms with Crippen molar-refractivity contribution < 1.29 is 4.79 Å². The van der Waals surface area contributed by atoms with Gasteiger partial charge in [-0.1, -0.05) is 18.9 Å². The van der Waals surface area contributed by atoms with Crippen LogP contribution in [0.15, 0.2) is 35.6 Å². The predicted molar refractivity (Wildman–Crippen MR) is 108 cm³/mol. The van der Waals surface area contributed by atoms with Crippen LogP contribution >= 0.6 is 0 Å². The highest BCUT2D eigenvalue weighted by Crippen LogP contribution is 2.38. The van der Waals surface area contributed by atoms with Crippen molar-refractivity contribution in [3.8, 4) is 0 Å². The number of carbonyl (C=O) groups is 1. The minimum absolute atomic E-state index is 0.215. The lowest BCUT2D eigenvalue weighted by Crippen LogP contribution is -2.49. The molecule has 7 heteroatoms. The van der Waals surface area contributed by atoms with Gasteiger partial charge in [0.1, 0.15) is 5.65 Å². The first-order valence-electron chi connectivity index (χ1n) is 9.63. The maximum absolute atomic E-state index is 12.7. The summed E-state index contributed by atoms with van der Waals surface area (Å²) in [6, 6.07) is 5.99. The van der Waals surface area contributed by atoms with Crippen LogP contribution in [0.3, 0.4) is 0 Å². The Morgan fingerprint density at radius 2 is 2.07 bits per heavy atom. The Morgan fingerprint density at radius 1 is 1.30 bits per heavy atom. The first-order chi connectivity index (χ1) is 13.0. The minimum Gasteiger partial charge on any atom is -0.356 e. The smallest absolute Gasteiger partial charge is 0.230 e. The first-order valence-corrected chi connectivity index (χ1v) is 9.63. The van der Waals surface area contributed by atoms with Crippen LogP contribution in [0, 0.1) is 5.41 Å². The summed E-state index contributed by atoms with van der Waals surface area (Å²) in [7, 11) is 5.43. The van der Waals surface area contributed by atoms with Crippen LogP contribution in [0.5, 0.6) is 0 Å². The Labute approximate surface area is 160 Å². The van der Waals surface area contributed by atoms with E-state index in [1.807, 2.05) is 42.9 Å². The van der Waals surface area contributed by atoms with Crippen molar-refractivity contribution in [2.24, 2.45) is 10.4 Å². The summed E-state index contributed by atoms with van der Waals surface area (Å²) in [5.74, 6) is 0.948. The quantitative estimate of drug-likeness (QED) is 0.599.